The Bertz CT molecular complexity index is 973. The van der Waals surface area contributed by atoms with Crippen molar-refractivity contribution in [3.63, 3.8) is 0 Å². The van der Waals surface area contributed by atoms with E-state index in [9.17, 15) is 14.9 Å². The number of amides is 1. The van der Waals surface area contributed by atoms with Gasteiger partial charge in [0.1, 0.15) is 5.54 Å². The zero-order chi connectivity index (χ0) is 20.3. The molecule has 1 amide bonds. The van der Waals surface area contributed by atoms with E-state index in [-0.39, 0.29) is 29.2 Å². The third kappa shape index (κ3) is 4.07. The van der Waals surface area contributed by atoms with E-state index >= 15 is 0 Å². The molecule has 0 saturated heterocycles. The van der Waals surface area contributed by atoms with Gasteiger partial charge in [0, 0.05) is 6.04 Å². The molecular weight excluding hydrogens is 372 g/mol. The van der Waals surface area contributed by atoms with E-state index in [0.29, 0.717) is 16.1 Å². The second-order valence-electron chi connectivity index (χ2n) is 7.83. The summed E-state index contributed by atoms with van der Waals surface area (Å²) in [6.07, 6.45) is 4.12. The quantitative estimate of drug-likeness (QED) is 0.593. The first-order valence-corrected chi connectivity index (χ1v) is 10.7. The van der Waals surface area contributed by atoms with Gasteiger partial charge in [0.05, 0.1) is 22.7 Å². The molecular formula is C21H26N4O2S. The average Bonchev–Trinajstić information content (AvgIpc) is 3.20. The third-order valence-electron chi connectivity index (χ3n) is 5.58. The molecule has 1 aromatic carbocycles. The number of aromatic nitrogens is 2. The molecule has 1 aromatic heterocycles. The van der Waals surface area contributed by atoms with Crippen molar-refractivity contribution in [2.75, 3.05) is 5.75 Å². The number of rotatable bonds is 6. The van der Waals surface area contributed by atoms with Gasteiger partial charge in [0.2, 0.25) is 5.91 Å². The van der Waals surface area contributed by atoms with Crippen LogP contribution in [0.2, 0.25) is 0 Å². The number of carbonyl (C=O) groups excluding carboxylic acids is 1. The minimum atomic E-state index is -0.917. The number of hydrogen-bond acceptors (Lipinski definition) is 5. The fourth-order valence-electron chi connectivity index (χ4n) is 3.47. The van der Waals surface area contributed by atoms with Crippen LogP contribution in [0.4, 0.5) is 0 Å². The third-order valence-corrected chi connectivity index (χ3v) is 6.54. The van der Waals surface area contributed by atoms with Crippen molar-refractivity contribution in [1.29, 1.82) is 5.26 Å². The van der Waals surface area contributed by atoms with Crippen molar-refractivity contribution in [1.82, 2.24) is 14.9 Å². The van der Waals surface area contributed by atoms with E-state index in [2.05, 4.69) is 16.4 Å². The molecule has 1 saturated carbocycles. The normalized spacial score (nSPS) is 16.8. The molecule has 1 N–H and O–H groups in total. The van der Waals surface area contributed by atoms with Crippen LogP contribution in [0, 0.1) is 17.2 Å². The van der Waals surface area contributed by atoms with Gasteiger partial charge in [-0.25, -0.2) is 4.98 Å². The van der Waals surface area contributed by atoms with E-state index in [4.69, 9.17) is 0 Å². The van der Waals surface area contributed by atoms with Crippen LogP contribution in [-0.2, 0) is 4.79 Å². The van der Waals surface area contributed by atoms with Gasteiger partial charge in [0.15, 0.2) is 5.16 Å². The van der Waals surface area contributed by atoms with Gasteiger partial charge in [0.25, 0.3) is 5.56 Å². The van der Waals surface area contributed by atoms with E-state index < -0.39 is 5.54 Å². The molecule has 0 aliphatic heterocycles. The molecule has 148 valence electrons. The maximum absolute atomic E-state index is 13.1. The highest BCUT2D eigenvalue weighted by Gasteiger charge is 2.30. The molecule has 0 bridgehead atoms. The SMILES string of the molecule is CC(C)[C@@](C)(C#N)NC(=O)CSc1nc2ccccc2c(=O)n1C1CCCC1. The lowest BCUT2D eigenvalue weighted by atomic mass is 9.90. The summed E-state index contributed by atoms with van der Waals surface area (Å²) in [4.78, 5) is 30.3. The number of nitriles is 1. The van der Waals surface area contributed by atoms with Crippen molar-refractivity contribution >= 4 is 28.6 Å². The van der Waals surface area contributed by atoms with Crippen LogP contribution in [-0.4, -0.2) is 26.8 Å². The maximum Gasteiger partial charge on any atom is 0.262 e. The van der Waals surface area contributed by atoms with Gasteiger partial charge in [-0.1, -0.05) is 50.6 Å². The molecule has 3 rings (SSSR count). The number of para-hydroxylation sites is 1. The van der Waals surface area contributed by atoms with Crippen LogP contribution in [0.25, 0.3) is 10.9 Å². The van der Waals surface area contributed by atoms with Crippen LogP contribution < -0.4 is 10.9 Å². The smallest absolute Gasteiger partial charge is 0.262 e. The fraction of sp³-hybridized carbons (Fsp3) is 0.524. The molecule has 0 unspecified atom stereocenters. The topological polar surface area (TPSA) is 87.8 Å². The number of carbonyl (C=O) groups is 1. The zero-order valence-corrected chi connectivity index (χ0v) is 17.4. The van der Waals surface area contributed by atoms with Crippen LogP contribution in [0.15, 0.2) is 34.2 Å². The molecule has 1 aliphatic rings. The Morgan fingerprint density at radius 1 is 1.39 bits per heavy atom. The number of fused-ring (bicyclic) bond motifs is 1. The highest BCUT2D eigenvalue weighted by molar-refractivity contribution is 7.99. The predicted octanol–water partition coefficient (Wildman–Crippen LogP) is 3.66. The molecule has 28 heavy (non-hydrogen) atoms. The monoisotopic (exact) mass is 398 g/mol. The molecule has 1 aliphatic carbocycles. The van der Waals surface area contributed by atoms with E-state index in [1.807, 2.05) is 32.0 Å². The number of nitrogens with one attached hydrogen (secondary N) is 1. The Balaban J connectivity index is 1.88. The number of benzene rings is 1. The summed E-state index contributed by atoms with van der Waals surface area (Å²) >= 11 is 1.26. The van der Waals surface area contributed by atoms with E-state index in [1.54, 1.807) is 17.6 Å². The standard InChI is InChI=1S/C21H26N4O2S/c1-14(2)21(3,13-22)24-18(26)12-28-20-23-17-11-7-6-10-16(17)19(27)25(20)15-8-4-5-9-15/h6-7,10-11,14-15H,4-5,8-9,12H2,1-3H3,(H,24,26)/t21-/m1/s1. The number of nitrogens with zero attached hydrogens (tertiary/aromatic N) is 3. The van der Waals surface area contributed by atoms with E-state index in [0.717, 1.165) is 25.7 Å². The van der Waals surface area contributed by atoms with Crippen molar-refractivity contribution < 1.29 is 4.79 Å². The number of thioether (sulfide) groups is 1. The summed E-state index contributed by atoms with van der Waals surface area (Å²) in [6.45, 7) is 5.53. The lowest BCUT2D eigenvalue weighted by Gasteiger charge is -2.27. The zero-order valence-electron chi connectivity index (χ0n) is 16.6. The molecule has 1 heterocycles. The molecule has 2 aromatic rings. The minimum absolute atomic E-state index is 0.0121. The molecule has 0 radical (unpaired) electrons. The molecule has 7 heteroatoms. The second kappa shape index (κ2) is 8.36. The Morgan fingerprint density at radius 3 is 2.71 bits per heavy atom. The maximum atomic E-state index is 13.1. The van der Waals surface area contributed by atoms with Crippen LogP contribution in [0.3, 0.4) is 0 Å². The van der Waals surface area contributed by atoms with Gasteiger partial charge in [-0.05, 0) is 37.8 Å². The van der Waals surface area contributed by atoms with Crippen LogP contribution in [0.5, 0.6) is 0 Å². The van der Waals surface area contributed by atoms with Crippen LogP contribution in [0.1, 0.15) is 52.5 Å². The Morgan fingerprint density at radius 2 is 2.07 bits per heavy atom. The average molecular weight is 399 g/mol. The Labute approximate surface area is 169 Å². The first kappa shape index (κ1) is 20.4. The highest BCUT2D eigenvalue weighted by atomic mass is 32.2. The van der Waals surface area contributed by atoms with Gasteiger partial charge in [-0.3, -0.25) is 14.2 Å². The lowest BCUT2D eigenvalue weighted by molar-refractivity contribution is -0.120. The first-order chi connectivity index (χ1) is 13.4. The summed E-state index contributed by atoms with van der Waals surface area (Å²) < 4.78 is 1.78. The second-order valence-corrected chi connectivity index (χ2v) is 8.77. The molecule has 0 spiro atoms. The largest absolute Gasteiger partial charge is 0.337 e. The minimum Gasteiger partial charge on any atom is -0.337 e. The van der Waals surface area contributed by atoms with Gasteiger partial charge in [-0.2, -0.15) is 5.26 Å². The lowest BCUT2D eigenvalue weighted by Crippen LogP contribution is -2.49. The van der Waals surface area contributed by atoms with Crippen molar-refractivity contribution in [3.05, 3.63) is 34.6 Å². The van der Waals surface area contributed by atoms with Crippen molar-refractivity contribution in [2.45, 2.75) is 63.2 Å². The molecule has 1 fully saturated rings. The van der Waals surface area contributed by atoms with Crippen LogP contribution >= 0.6 is 11.8 Å². The fourth-order valence-corrected chi connectivity index (χ4v) is 4.34. The summed E-state index contributed by atoms with van der Waals surface area (Å²) in [6, 6.07) is 9.65. The Hall–Kier alpha value is -2.33. The van der Waals surface area contributed by atoms with E-state index in [1.165, 1.54) is 11.8 Å². The molecule has 1 atom stereocenters. The van der Waals surface area contributed by atoms with Gasteiger partial charge >= 0.3 is 0 Å². The summed E-state index contributed by atoms with van der Waals surface area (Å²) in [5.41, 5.74) is -0.308. The summed E-state index contributed by atoms with van der Waals surface area (Å²) in [5.74, 6) is -0.133. The highest BCUT2D eigenvalue weighted by Crippen LogP contribution is 2.32. The number of hydrogen-bond donors (Lipinski definition) is 1. The summed E-state index contributed by atoms with van der Waals surface area (Å²) in [7, 11) is 0. The van der Waals surface area contributed by atoms with Crippen molar-refractivity contribution in [2.24, 2.45) is 5.92 Å². The first-order valence-electron chi connectivity index (χ1n) is 9.72. The van der Waals surface area contributed by atoms with Crippen molar-refractivity contribution in [3.8, 4) is 6.07 Å². The molecule has 6 nitrogen and oxygen atoms in total. The van der Waals surface area contributed by atoms with Gasteiger partial charge < -0.3 is 5.32 Å². The predicted molar refractivity (Wildman–Crippen MR) is 111 cm³/mol. The van der Waals surface area contributed by atoms with Gasteiger partial charge in [-0.15, -0.1) is 0 Å². The summed E-state index contributed by atoms with van der Waals surface area (Å²) in [5, 5.41) is 13.4. The Kier molecular flexibility index (Phi) is 6.09.